The van der Waals surface area contributed by atoms with Crippen LogP contribution in [-0.4, -0.2) is 15.0 Å². The van der Waals surface area contributed by atoms with Crippen molar-refractivity contribution >= 4 is 21.6 Å². The summed E-state index contributed by atoms with van der Waals surface area (Å²) in [4.78, 5) is -0.272. The Morgan fingerprint density at radius 3 is 2.80 bits per heavy atom. The van der Waals surface area contributed by atoms with Gasteiger partial charge in [-0.2, -0.15) is 0 Å². The minimum Gasteiger partial charge on any atom is -0.207 e. The van der Waals surface area contributed by atoms with Crippen molar-refractivity contribution in [2.75, 3.05) is 6.54 Å². The highest BCUT2D eigenvalue weighted by atomic mass is 35.5. The molecule has 0 aromatic heterocycles. The Balaban J connectivity index is 3.14. The maximum Gasteiger partial charge on any atom is 0.242 e. The van der Waals surface area contributed by atoms with Crippen molar-refractivity contribution in [3.63, 3.8) is 0 Å². The maximum atomic E-state index is 12.8. The third-order valence-electron chi connectivity index (χ3n) is 1.60. The van der Waals surface area contributed by atoms with Gasteiger partial charge in [0.25, 0.3) is 0 Å². The van der Waals surface area contributed by atoms with Crippen LogP contribution in [0.15, 0.2) is 35.7 Å². The van der Waals surface area contributed by atoms with Gasteiger partial charge in [0.05, 0.1) is 5.02 Å². The van der Waals surface area contributed by atoms with Crippen molar-refractivity contribution in [3.8, 4) is 0 Å². The van der Waals surface area contributed by atoms with Crippen LogP contribution in [0.3, 0.4) is 0 Å². The lowest BCUT2D eigenvalue weighted by Crippen LogP contribution is -2.24. The van der Waals surface area contributed by atoms with E-state index in [9.17, 15) is 12.8 Å². The highest BCUT2D eigenvalue weighted by Crippen LogP contribution is 2.21. The molecule has 15 heavy (non-hydrogen) atoms. The molecule has 0 aliphatic heterocycles. The van der Waals surface area contributed by atoms with E-state index >= 15 is 0 Å². The van der Waals surface area contributed by atoms with E-state index in [4.69, 9.17) is 11.6 Å². The molecule has 0 aliphatic rings. The second-order valence-electron chi connectivity index (χ2n) is 2.72. The molecule has 82 valence electrons. The van der Waals surface area contributed by atoms with Gasteiger partial charge in [0.2, 0.25) is 10.0 Å². The van der Waals surface area contributed by atoms with Crippen LogP contribution < -0.4 is 4.72 Å². The highest BCUT2D eigenvalue weighted by molar-refractivity contribution is 7.89. The van der Waals surface area contributed by atoms with Crippen molar-refractivity contribution in [1.82, 2.24) is 4.72 Å². The lowest BCUT2D eigenvalue weighted by atomic mass is 10.3. The molecule has 0 fully saturated rings. The quantitative estimate of drug-likeness (QED) is 0.829. The number of hydrogen-bond donors (Lipinski definition) is 1. The van der Waals surface area contributed by atoms with E-state index in [1.807, 2.05) is 0 Å². The molecule has 0 saturated heterocycles. The zero-order valence-electron chi connectivity index (χ0n) is 7.70. The zero-order valence-corrected chi connectivity index (χ0v) is 9.28. The van der Waals surface area contributed by atoms with Crippen LogP contribution in [0.5, 0.6) is 0 Å². The molecule has 0 saturated carbocycles. The summed E-state index contributed by atoms with van der Waals surface area (Å²) in [5.74, 6) is -0.654. The van der Waals surface area contributed by atoms with Gasteiger partial charge in [0.1, 0.15) is 10.7 Å². The number of hydrogen-bond acceptors (Lipinski definition) is 2. The van der Waals surface area contributed by atoms with E-state index in [0.29, 0.717) is 0 Å². The Bertz CT molecular complexity index is 473. The fourth-order valence-corrected chi connectivity index (χ4v) is 2.44. The van der Waals surface area contributed by atoms with Crippen molar-refractivity contribution in [2.24, 2.45) is 0 Å². The first-order valence-electron chi connectivity index (χ1n) is 4.03. The molecular weight excluding hydrogens is 241 g/mol. The molecule has 0 amide bonds. The van der Waals surface area contributed by atoms with Crippen LogP contribution in [0, 0.1) is 5.82 Å². The lowest BCUT2D eigenvalue weighted by molar-refractivity contribution is 0.581. The predicted molar refractivity (Wildman–Crippen MR) is 56.8 cm³/mol. The number of benzene rings is 1. The molecule has 0 unspecified atom stereocenters. The summed E-state index contributed by atoms with van der Waals surface area (Å²) in [6, 6.07) is 3.15. The van der Waals surface area contributed by atoms with E-state index in [-0.39, 0.29) is 16.5 Å². The summed E-state index contributed by atoms with van der Waals surface area (Å²) in [5.41, 5.74) is 0. The first kappa shape index (κ1) is 12.2. The Kier molecular flexibility index (Phi) is 3.84. The van der Waals surface area contributed by atoms with Gasteiger partial charge in [-0.15, -0.1) is 6.58 Å². The topological polar surface area (TPSA) is 46.2 Å². The Morgan fingerprint density at radius 1 is 1.53 bits per heavy atom. The summed E-state index contributed by atoms with van der Waals surface area (Å²) in [6.45, 7) is 3.43. The summed E-state index contributed by atoms with van der Waals surface area (Å²) < 4.78 is 38.1. The van der Waals surface area contributed by atoms with Crippen molar-refractivity contribution in [3.05, 3.63) is 41.7 Å². The number of sulfonamides is 1. The second-order valence-corrected chi connectivity index (χ2v) is 4.86. The van der Waals surface area contributed by atoms with Crippen LogP contribution >= 0.6 is 11.6 Å². The van der Waals surface area contributed by atoms with Crippen LogP contribution in [0.2, 0.25) is 5.02 Å². The lowest BCUT2D eigenvalue weighted by Gasteiger charge is -2.06. The number of halogens is 2. The summed E-state index contributed by atoms with van der Waals surface area (Å²) >= 11 is 5.65. The van der Waals surface area contributed by atoms with Crippen LogP contribution in [0.4, 0.5) is 4.39 Å². The maximum absolute atomic E-state index is 12.8. The van der Waals surface area contributed by atoms with Gasteiger partial charge in [0, 0.05) is 6.54 Å². The average Bonchev–Trinajstić information content (AvgIpc) is 2.18. The van der Waals surface area contributed by atoms with Crippen LogP contribution in [0.1, 0.15) is 0 Å². The molecular formula is C9H9ClFNO2S. The predicted octanol–water partition coefficient (Wildman–Crippen LogP) is 1.94. The molecule has 0 aliphatic carbocycles. The molecule has 0 radical (unpaired) electrons. The summed E-state index contributed by atoms with van der Waals surface area (Å²) in [5, 5.41) is -0.0204. The van der Waals surface area contributed by atoms with Gasteiger partial charge in [-0.25, -0.2) is 17.5 Å². The molecule has 1 aromatic rings. The van der Waals surface area contributed by atoms with Gasteiger partial charge in [-0.3, -0.25) is 0 Å². The standard InChI is InChI=1S/C9H9ClFNO2S/c1-2-5-12-15(13,14)9-6-7(11)3-4-8(9)10/h2-4,6,12H,1,5H2. The smallest absolute Gasteiger partial charge is 0.207 e. The fourth-order valence-electron chi connectivity index (χ4n) is 0.930. The van der Waals surface area contributed by atoms with E-state index < -0.39 is 15.8 Å². The van der Waals surface area contributed by atoms with E-state index in [0.717, 1.165) is 12.1 Å². The Labute approximate surface area is 92.6 Å². The minimum atomic E-state index is -3.77. The van der Waals surface area contributed by atoms with Crippen molar-refractivity contribution < 1.29 is 12.8 Å². The highest BCUT2D eigenvalue weighted by Gasteiger charge is 2.17. The molecule has 1 N–H and O–H groups in total. The molecule has 3 nitrogen and oxygen atoms in total. The Hall–Kier alpha value is -0.910. The molecule has 1 rings (SSSR count). The van der Waals surface area contributed by atoms with Crippen LogP contribution in [-0.2, 0) is 10.0 Å². The number of rotatable bonds is 4. The largest absolute Gasteiger partial charge is 0.242 e. The molecule has 0 heterocycles. The van der Waals surface area contributed by atoms with E-state index in [1.54, 1.807) is 0 Å². The first-order chi connectivity index (χ1) is 6.97. The van der Waals surface area contributed by atoms with Gasteiger partial charge in [0.15, 0.2) is 0 Å². The summed E-state index contributed by atoms with van der Waals surface area (Å²) in [6.07, 6.45) is 1.38. The van der Waals surface area contributed by atoms with Gasteiger partial charge < -0.3 is 0 Å². The van der Waals surface area contributed by atoms with Crippen molar-refractivity contribution in [1.29, 1.82) is 0 Å². The fraction of sp³-hybridized carbons (Fsp3) is 0.111. The van der Waals surface area contributed by atoms with Gasteiger partial charge in [-0.1, -0.05) is 17.7 Å². The van der Waals surface area contributed by atoms with Gasteiger partial charge >= 0.3 is 0 Å². The molecule has 0 spiro atoms. The average molecular weight is 250 g/mol. The molecule has 0 bridgehead atoms. The SMILES string of the molecule is C=CCNS(=O)(=O)c1cc(F)ccc1Cl. The zero-order chi connectivity index (χ0) is 11.5. The normalized spacial score (nSPS) is 11.3. The Morgan fingerprint density at radius 2 is 2.20 bits per heavy atom. The first-order valence-corrected chi connectivity index (χ1v) is 5.89. The molecule has 1 aromatic carbocycles. The van der Waals surface area contributed by atoms with E-state index in [2.05, 4.69) is 11.3 Å². The third kappa shape index (κ3) is 3.02. The minimum absolute atomic E-state index is 0.0204. The second kappa shape index (κ2) is 4.74. The molecule has 6 heteroatoms. The summed E-state index contributed by atoms with van der Waals surface area (Å²) in [7, 11) is -3.77. The van der Waals surface area contributed by atoms with E-state index in [1.165, 1.54) is 12.1 Å². The number of nitrogens with one attached hydrogen (secondary N) is 1. The molecule has 0 atom stereocenters. The monoisotopic (exact) mass is 249 g/mol. The van der Waals surface area contributed by atoms with Gasteiger partial charge in [-0.05, 0) is 18.2 Å². The van der Waals surface area contributed by atoms with Crippen LogP contribution in [0.25, 0.3) is 0 Å². The third-order valence-corrected chi connectivity index (χ3v) is 3.51. The van der Waals surface area contributed by atoms with Crippen molar-refractivity contribution in [2.45, 2.75) is 4.90 Å².